The second-order valence-electron chi connectivity index (χ2n) is 5.23. The molecule has 0 aliphatic carbocycles. The smallest absolute Gasteiger partial charge is 0.263 e. The third-order valence-corrected chi connectivity index (χ3v) is 3.87. The first kappa shape index (κ1) is 15.8. The molecule has 0 radical (unpaired) electrons. The topological polar surface area (TPSA) is 32.8 Å². The van der Waals surface area contributed by atoms with Crippen molar-refractivity contribution in [1.29, 1.82) is 0 Å². The lowest BCUT2D eigenvalue weighted by molar-refractivity contribution is -0.140. The number of piperazine rings is 1. The average molecular weight is 294 g/mol. The molecular weight excluding hydrogens is 271 g/mol. The minimum atomic E-state index is -0.497. The Morgan fingerprint density at radius 2 is 1.81 bits per heavy atom. The second-order valence-corrected chi connectivity index (χ2v) is 5.23. The van der Waals surface area contributed by atoms with Gasteiger partial charge in [-0.25, -0.2) is 4.39 Å². The lowest BCUT2D eigenvalue weighted by Crippen LogP contribution is -2.52. The van der Waals surface area contributed by atoms with Crippen LogP contribution in [-0.4, -0.2) is 54.5 Å². The van der Waals surface area contributed by atoms with Gasteiger partial charge in [0.25, 0.3) is 5.91 Å². The molecule has 1 aromatic carbocycles. The zero-order valence-corrected chi connectivity index (χ0v) is 12.7. The largest absolute Gasteiger partial charge is 0.481 e. The summed E-state index contributed by atoms with van der Waals surface area (Å²) in [5, 5.41) is 0. The van der Waals surface area contributed by atoms with Crippen molar-refractivity contribution in [3.63, 3.8) is 0 Å². The Kier molecular flexibility index (Phi) is 5.56. The van der Waals surface area contributed by atoms with E-state index >= 15 is 0 Å². The molecule has 4 nitrogen and oxygen atoms in total. The molecule has 0 aromatic heterocycles. The molecule has 0 N–H and O–H groups in total. The maximum Gasteiger partial charge on any atom is 0.263 e. The zero-order chi connectivity index (χ0) is 15.2. The lowest BCUT2D eigenvalue weighted by Gasteiger charge is -2.35. The first-order chi connectivity index (χ1) is 10.1. The van der Waals surface area contributed by atoms with Crippen LogP contribution in [0, 0.1) is 5.82 Å². The van der Waals surface area contributed by atoms with Gasteiger partial charge in [0, 0.05) is 26.2 Å². The van der Waals surface area contributed by atoms with Crippen molar-refractivity contribution >= 4 is 5.91 Å². The van der Waals surface area contributed by atoms with E-state index < -0.39 is 6.10 Å². The molecule has 1 heterocycles. The number of benzene rings is 1. The van der Waals surface area contributed by atoms with Crippen molar-refractivity contribution in [2.24, 2.45) is 0 Å². The van der Waals surface area contributed by atoms with Gasteiger partial charge in [-0.3, -0.25) is 4.79 Å². The third-order valence-electron chi connectivity index (χ3n) is 3.87. The Hall–Kier alpha value is -1.62. The van der Waals surface area contributed by atoms with Gasteiger partial charge in [0.15, 0.2) is 6.10 Å². The van der Waals surface area contributed by atoms with E-state index in [4.69, 9.17) is 4.74 Å². The third kappa shape index (κ3) is 4.17. The van der Waals surface area contributed by atoms with Crippen LogP contribution >= 0.6 is 0 Å². The summed E-state index contributed by atoms with van der Waals surface area (Å²) in [5.74, 6) is 0.249. The molecule has 1 amide bonds. The zero-order valence-electron chi connectivity index (χ0n) is 12.7. The fourth-order valence-corrected chi connectivity index (χ4v) is 2.47. The van der Waals surface area contributed by atoms with E-state index in [1.165, 1.54) is 12.1 Å². The van der Waals surface area contributed by atoms with Crippen molar-refractivity contribution < 1.29 is 13.9 Å². The molecule has 1 aromatic rings. The summed E-state index contributed by atoms with van der Waals surface area (Å²) in [4.78, 5) is 16.7. The van der Waals surface area contributed by atoms with Crippen LogP contribution in [0.3, 0.4) is 0 Å². The first-order valence-electron chi connectivity index (χ1n) is 7.57. The number of ether oxygens (including phenoxy) is 1. The molecule has 116 valence electrons. The summed E-state index contributed by atoms with van der Waals surface area (Å²) in [5.41, 5.74) is 0. The van der Waals surface area contributed by atoms with Crippen LogP contribution in [0.4, 0.5) is 4.39 Å². The van der Waals surface area contributed by atoms with Gasteiger partial charge in [0.1, 0.15) is 11.6 Å². The molecule has 21 heavy (non-hydrogen) atoms. The van der Waals surface area contributed by atoms with E-state index in [1.54, 1.807) is 12.1 Å². The number of likely N-dealkylation sites (N-methyl/N-ethyl adjacent to an activating group) is 1. The molecule has 1 aliphatic heterocycles. The quantitative estimate of drug-likeness (QED) is 0.834. The van der Waals surface area contributed by atoms with Crippen molar-refractivity contribution in [3.8, 4) is 5.75 Å². The van der Waals surface area contributed by atoms with Crippen molar-refractivity contribution in [3.05, 3.63) is 30.1 Å². The van der Waals surface area contributed by atoms with E-state index in [1.807, 2.05) is 11.8 Å². The minimum absolute atomic E-state index is 0.0255. The Bertz CT molecular complexity index is 456. The highest BCUT2D eigenvalue weighted by atomic mass is 19.1. The fourth-order valence-electron chi connectivity index (χ4n) is 2.47. The Morgan fingerprint density at radius 1 is 1.19 bits per heavy atom. The van der Waals surface area contributed by atoms with E-state index in [-0.39, 0.29) is 11.7 Å². The van der Waals surface area contributed by atoms with Crippen LogP contribution in [0.2, 0.25) is 0 Å². The molecule has 1 saturated heterocycles. The van der Waals surface area contributed by atoms with E-state index in [2.05, 4.69) is 11.8 Å². The molecule has 1 atom stereocenters. The van der Waals surface area contributed by atoms with E-state index in [0.717, 1.165) is 32.7 Å². The molecule has 0 saturated carbocycles. The van der Waals surface area contributed by atoms with Gasteiger partial charge in [-0.15, -0.1) is 0 Å². The summed E-state index contributed by atoms with van der Waals surface area (Å²) in [7, 11) is 0. The molecule has 1 aliphatic rings. The normalized spacial score (nSPS) is 17.6. The van der Waals surface area contributed by atoms with Gasteiger partial charge < -0.3 is 14.5 Å². The number of amides is 1. The van der Waals surface area contributed by atoms with Crippen LogP contribution in [0.25, 0.3) is 0 Å². The Balaban J connectivity index is 1.94. The number of rotatable bonds is 5. The van der Waals surface area contributed by atoms with Crippen LogP contribution in [0.1, 0.15) is 20.3 Å². The molecular formula is C16H23FN2O2. The van der Waals surface area contributed by atoms with Crippen LogP contribution in [0.5, 0.6) is 5.75 Å². The number of hydrogen-bond donors (Lipinski definition) is 0. The SMILES string of the molecule is CC[C@H](Oc1ccc(F)cc1)C(=O)N1CCN(CC)CC1. The number of carbonyl (C=O) groups excluding carboxylic acids is 1. The van der Waals surface area contributed by atoms with Gasteiger partial charge in [-0.1, -0.05) is 13.8 Å². The van der Waals surface area contributed by atoms with Crippen molar-refractivity contribution in [2.45, 2.75) is 26.4 Å². The molecule has 2 rings (SSSR count). The number of nitrogens with zero attached hydrogens (tertiary/aromatic N) is 2. The van der Waals surface area contributed by atoms with E-state index in [0.29, 0.717) is 12.2 Å². The van der Waals surface area contributed by atoms with Gasteiger partial charge in [-0.05, 0) is 37.2 Å². The van der Waals surface area contributed by atoms with Gasteiger partial charge in [-0.2, -0.15) is 0 Å². The highest BCUT2D eigenvalue weighted by Crippen LogP contribution is 2.16. The maximum atomic E-state index is 12.9. The highest BCUT2D eigenvalue weighted by molar-refractivity contribution is 5.81. The monoisotopic (exact) mass is 294 g/mol. The van der Waals surface area contributed by atoms with Crippen molar-refractivity contribution in [1.82, 2.24) is 9.80 Å². The summed E-state index contributed by atoms with van der Waals surface area (Å²) in [6.07, 6.45) is 0.105. The standard InChI is InChI=1S/C16H23FN2O2/c1-3-15(21-14-7-5-13(17)6-8-14)16(20)19-11-9-18(4-2)10-12-19/h5-8,15H,3-4,9-12H2,1-2H3/t15-/m0/s1. The molecule has 1 fully saturated rings. The minimum Gasteiger partial charge on any atom is -0.481 e. The molecule has 0 unspecified atom stereocenters. The predicted molar refractivity (Wildman–Crippen MR) is 79.8 cm³/mol. The number of hydrogen-bond acceptors (Lipinski definition) is 3. The molecule has 0 bridgehead atoms. The molecule has 0 spiro atoms. The summed E-state index contributed by atoms with van der Waals surface area (Å²) >= 11 is 0. The average Bonchev–Trinajstić information content (AvgIpc) is 2.54. The first-order valence-corrected chi connectivity index (χ1v) is 7.57. The van der Waals surface area contributed by atoms with Crippen LogP contribution in [0.15, 0.2) is 24.3 Å². The summed E-state index contributed by atoms with van der Waals surface area (Å²) in [6, 6.07) is 5.79. The Labute approximate surface area is 125 Å². The van der Waals surface area contributed by atoms with Crippen LogP contribution < -0.4 is 4.74 Å². The summed E-state index contributed by atoms with van der Waals surface area (Å²) in [6.45, 7) is 8.39. The van der Waals surface area contributed by atoms with Gasteiger partial charge >= 0.3 is 0 Å². The van der Waals surface area contributed by atoms with Gasteiger partial charge in [0.2, 0.25) is 0 Å². The summed E-state index contributed by atoms with van der Waals surface area (Å²) < 4.78 is 18.6. The number of carbonyl (C=O) groups is 1. The van der Waals surface area contributed by atoms with Gasteiger partial charge in [0.05, 0.1) is 0 Å². The molecule has 5 heteroatoms. The maximum absolute atomic E-state index is 12.9. The Morgan fingerprint density at radius 3 is 2.33 bits per heavy atom. The van der Waals surface area contributed by atoms with Crippen LogP contribution in [-0.2, 0) is 4.79 Å². The van der Waals surface area contributed by atoms with Crippen molar-refractivity contribution in [2.75, 3.05) is 32.7 Å². The predicted octanol–water partition coefficient (Wildman–Crippen LogP) is 2.15. The second kappa shape index (κ2) is 7.41. The fraction of sp³-hybridized carbons (Fsp3) is 0.562. The highest BCUT2D eigenvalue weighted by Gasteiger charge is 2.27. The number of halogens is 1. The lowest BCUT2D eigenvalue weighted by atomic mass is 10.2. The van der Waals surface area contributed by atoms with E-state index in [9.17, 15) is 9.18 Å².